The van der Waals surface area contributed by atoms with E-state index in [-0.39, 0.29) is 33.5 Å². The molecule has 0 radical (unpaired) electrons. The molecule has 0 aromatic heterocycles. The summed E-state index contributed by atoms with van der Waals surface area (Å²) in [5, 5.41) is 29.3. The topological polar surface area (TPSA) is 110 Å². The van der Waals surface area contributed by atoms with Gasteiger partial charge in [0, 0.05) is 18.2 Å². The van der Waals surface area contributed by atoms with Gasteiger partial charge in [-0.3, -0.25) is 14.9 Å². The normalized spacial score (nSPS) is 10.2. The summed E-state index contributed by atoms with van der Waals surface area (Å²) in [5.41, 5.74) is -0.212. The van der Waals surface area contributed by atoms with Gasteiger partial charge < -0.3 is 14.9 Å². The Morgan fingerprint density at radius 1 is 1.23 bits per heavy atom. The van der Waals surface area contributed by atoms with E-state index < -0.39 is 17.3 Å². The molecule has 0 amide bonds. The lowest BCUT2D eigenvalue weighted by Gasteiger charge is -2.08. The molecule has 2 aromatic carbocycles. The first-order chi connectivity index (χ1) is 10.4. The van der Waals surface area contributed by atoms with Gasteiger partial charge in [0.15, 0.2) is 6.61 Å². The number of Topliss-reactive ketones (excluding diaryl/α,β-unsaturated/α-hetero) is 1. The predicted molar refractivity (Wildman–Crippen MR) is 77.7 cm³/mol. The quantitative estimate of drug-likeness (QED) is 0.497. The Morgan fingerprint density at radius 3 is 2.55 bits per heavy atom. The van der Waals surface area contributed by atoms with Gasteiger partial charge in [0.1, 0.15) is 17.2 Å². The Bertz CT molecular complexity index is 746. The fourth-order valence-electron chi connectivity index (χ4n) is 1.70. The maximum atomic E-state index is 11.9. The lowest BCUT2D eigenvalue weighted by molar-refractivity contribution is -0.384. The van der Waals surface area contributed by atoms with E-state index in [2.05, 4.69) is 0 Å². The van der Waals surface area contributed by atoms with Crippen LogP contribution in [0.1, 0.15) is 10.4 Å². The molecule has 22 heavy (non-hydrogen) atoms. The van der Waals surface area contributed by atoms with E-state index in [9.17, 15) is 20.0 Å². The molecule has 0 aliphatic carbocycles. The third kappa shape index (κ3) is 3.44. The summed E-state index contributed by atoms with van der Waals surface area (Å²) in [6.45, 7) is -0.421. The third-order valence-electron chi connectivity index (χ3n) is 2.77. The maximum absolute atomic E-state index is 11.9. The summed E-state index contributed by atoms with van der Waals surface area (Å²) < 4.78 is 5.20. The second-order valence-corrected chi connectivity index (χ2v) is 4.69. The first-order valence-electron chi connectivity index (χ1n) is 6.00. The zero-order valence-corrected chi connectivity index (χ0v) is 11.8. The molecule has 0 fully saturated rings. The second kappa shape index (κ2) is 6.31. The fraction of sp³-hybridized carbons (Fsp3) is 0.0714. The highest BCUT2D eigenvalue weighted by atomic mass is 35.5. The van der Waals surface area contributed by atoms with Crippen LogP contribution in [-0.4, -0.2) is 27.5 Å². The molecule has 2 rings (SSSR count). The first kappa shape index (κ1) is 15.6. The summed E-state index contributed by atoms with van der Waals surface area (Å²) >= 11 is 5.83. The van der Waals surface area contributed by atoms with E-state index in [1.807, 2.05) is 0 Å². The van der Waals surface area contributed by atoms with Crippen LogP contribution in [0.4, 0.5) is 5.69 Å². The van der Waals surface area contributed by atoms with Crippen molar-refractivity contribution in [3.8, 4) is 17.2 Å². The molecule has 0 atom stereocenters. The van der Waals surface area contributed by atoms with Crippen LogP contribution in [-0.2, 0) is 0 Å². The number of nitrogens with zero attached hydrogens (tertiary/aromatic N) is 1. The Labute approximate surface area is 129 Å². The number of ketones is 1. The lowest BCUT2D eigenvalue weighted by atomic mass is 10.1. The largest absolute Gasteiger partial charge is 0.508 e. The van der Waals surface area contributed by atoms with Crippen LogP contribution in [0.2, 0.25) is 5.02 Å². The Balaban J connectivity index is 2.09. The minimum absolute atomic E-state index is 0.00284. The van der Waals surface area contributed by atoms with Gasteiger partial charge in [-0.25, -0.2) is 0 Å². The molecular weight excluding hydrogens is 314 g/mol. The number of phenolic OH excluding ortho intramolecular Hbond substituents is 2. The molecule has 0 saturated heterocycles. The number of benzene rings is 2. The van der Waals surface area contributed by atoms with Crippen molar-refractivity contribution in [2.45, 2.75) is 0 Å². The molecule has 0 heterocycles. The standard InChI is InChI=1S/C14H10ClNO6/c15-11-5-8(16(20)21)1-4-14(11)22-7-13(19)10-3-2-9(17)6-12(10)18/h1-6,17-18H,7H2. The Hall–Kier alpha value is -2.80. The van der Waals surface area contributed by atoms with E-state index >= 15 is 0 Å². The summed E-state index contributed by atoms with van der Waals surface area (Å²) in [7, 11) is 0. The van der Waals surface area contributed by atoms with Crippen molar-refractivity contribution in [2.24, 2.45) is 0 Å². The van der Waals surface area contributed by atoms with E-state index in [0.29, 0.717) is 0 Å². The highest BCUT2D eigenvalue weighted by Crippen LogP contribution is 2.29. The number of carbonyl (C=O) groups is 1. The van der Waals surface area contributed by atoms with E-state index in [1.165, 1.54) is 24.3 Å². The average Bonchev–Trinajstić information content (AvgIpc) is 2.45. The van der Waals surface area contributed by atoms with Crippen LogP contribution in [0.25, 0.3) is 0 Å². The monoisotopic (exact) mass is 323 g/mol. The predicted octanol–water partition coefficient (Wildman–Crippen LogP) is 2.92. The third-order valence-corrected chi connectivity index (χ3v) is 3.06. The van der Waals surface area contributed by atoms with Gasteiger partial charge in [-0.2, -0.15) is 0 Å². The number of hydrogen-bond acceptors (Lipinski definition) is 6. The van der Waals surface area contributed by atoms with Gasteiger partial charge in [0.2, 0.25) is 5.78 Å². The summed E-state index contributed by atoms with van der Waals surface area (Å²) in [6, 6.07) is 7.14. The molecule has 0 aliphatic rings. The number of carbonyl (C=O) groups excluding carboxylic acids is 1. The van der Waals surface area contributed by atoms with Gasteiger partial charge in [0.05, 0.1) is 15.5 Å². The van der Waals surface area contributed by atoms with Crippen molar-refractivity contribution >= 4 is 23.1 Å². The molecule has 8 heteroatoms. The smallest absolute Gasteiger partial charge is 0.271 e. The number of hydrogen-bond donors (Lipinski definition) is 2. The number of aromatic hydroxyl groups is 2. The highest BCUT2D eigenvalue weighted by Gasteiger charge is 2.15. The zero-order valence-electron chi connectivity index (χ0n) is 11.0. The number of halogens is 1. The molecule has 2 aromatic rings. The van der Waals surface area contributed by atoms with Gasteiger partial charge >= 0.3 is 0 Å². The second-order valence-electron chi connectivity index (χ2n) is 4.29. The lowest BCUT2D eigenvalue weighted by Crippen LogP contribution is -2.12. The minimum Gasteiger partial charge on any atom is -0.508 e. The van der Waals surface area contributed by atoms with Crippen molar-refractivity contribution in [3.63, 3.8) is 0 Å². The van der Waals surface area contributed by atoms with Crippen LogP contribution in [0.15, 0.2) is 36.4 Å². The SMILES string of the molecule is O=C(COc1ccc([N+](=O)[O-])cc1Cl)c1ccc(O)cc1O. The zero-order chi connectivity index (χ0) is 16.3. The highest BCUT2D eigenvalue weighted by molar-refractivity contribution is 6.32. The molecule has 2 N–H and O–H groups in total. The Morgan fingerprint density at radius 2 is 1.95 bits per heavy atom. The van der Waals surface area contributed by atoms with Crippen molar-refractivity contribution in [2.75, 3.05) is 6.61 Å². The summed E-state index contributed by atoms with van der Waals surface area (Å²) in [4.78, 5) is 21.9. The van der Waals surface area contributed by atoms with Crippen molar-refractivity contribution in [1.82, 2.24) is 0 Å². The van der Waals surface area contributed by atoms with Crippen LogP contribution in [0, 0.1) is 10.1 Å². The van der Waals surface area contributed by atoms with Crippen molar-refractivity contribution < 1.29 is 24.7 Å². The van der Waals surface area contributed by atoms with Gasteiger partial charge in [-0.1, -0.05) is 11.6 Å². The van der Waals surface area contributed by atoms with Crippen molar-refractivity contribution in [3.05, 3.63) is 57.1 Å². The Kier molecular flexibility index (Phi) is 4.47. The summed E-state index contributed by atoms with van der Waals surface area (Å²) in [6.07, 6.45) is 0. The number of nitro groups is 1. The van der Waals surface area contributed by atoms with Crippen LogP contribution < -0.4 is 4.74 Å². The molecule has 0 saturated carbocycles. The van der Waals surface area contributed by atoms with Crippen LogP contribution in [0.3, 0.4) is 0 Å². The van der Waals surface area contributed by atoms with Crippen LogP contribution >= 0.6 is 11.6 Å². The molecule has 0 spiro atoms. The summed E-state index contributed by atoms with van der Waals surface area (Å²) in [5.74, 6) is -0.970. The van der Waals surface area contributed by atoms with E-state index in [4.69, 9.17) is 21.4 Å². The van der Waals surface area contributed by atoms with Crippen LogP contribution in [0.5, 0.6) is 17.2 Å². The fourth-order valence-corrected chi connectivity index (χ4v) is 1.93. The molecular formula is C14H10ClNO6. The molecule has 0 aliphatic heterocycles. The van der Waals surface area contributed by atoms with Gasteiger partial charge in [0.25, 0.3) is 5.69 Å². The number of rotatable bonds is 5. The number of phenols is 2. The molecule has 114 valence electrons. The molecule has 0 unspecified atom stereocenters. The van der Waals surface area contributed by atoms with Gasteiger partial charge in [-0.05, 0) is 18.2 Å². The van der Waals surface area contributed by atoms with E-state index in [1.54, 1.807) is 0 Å². The molecule has 0 bridgehead atoms. The first-order valence-corrected chi connectivity index (χ1v) is 6.38. The number of non-ortho nitro benzene ring substituents is 1. The molecule has 7 nitrogen and oxygen atoms in total. The minimum atomic E-state index is -0.602. The number of nitro benzene ring substituents is 1. The van der Waals surface area contributed by atoms with Gasteiger partial charge in [-0.15, -0.1) is 0 Å². The van der Waals surface area contributed by atoms with E-state index in [0.717, 1.165) is 12.1 Å². The van der Waals surface area contributed by atoms with Crippen molar-refractivity contribution in [1.29, 1.82) is 0 Å². The number of ether oxygens (including phenoxy) is 1. The average molecular weight is 324 g/mol. The maximum Gasteiger partial charge on any atom is 0.271 e.